The summed E-state index contributed by atoms with van der Waals surface area (Å²) in [6.07, 6.45) is 1.97. The third kappa shape index (κ3) is 6.45. The minimum atomic E-state index is 0. The molecule has 0 aromatic heterocycles. The van der Waals surface area contributed by atoms with Gasteiger partial charge < -0.3 is 15.1 Å². The Morgan fingerprint density at radius 2 is 1.93 bits per heavy atom. The fourth-order valence-corrected chi connectivity index (χ4v) is 3.78. The minimum absolute atomic E-state index is 0. The number of amides is 1. The number of nitrogens with one attached hydrogen (secondary N) is 1. The highest BCUT2D eigenvalue weighted by Gasteiger charge is 2.25. The number of hydrogen-bond donors (Lipinski definition) is 1. The van der Waals surface area contributed by atoms with Crippen molar-refractivity contribution in [3.8, 4) is 0 Å². The van der Waals surface area contributed by atoms with E-state index in [1.54, 1.807) is 19.0 Å². The molecule has 1 saturated heterocycles. The molecule has 30 heavy (non-hydrogen) atoms. The van der Waals surface area contributed by atoms with E-state index in [1.165, 1.54) is 5.56 Å². The quantitative estimate of drug-likeness (QED) is 0.356. The van der Waals surface area contributed by atoms with Crippen molar-refractivity contribution in [1.82, 2.24) is 15.1 Å². The topological polar surface area (TPSA) is 47.9 Å². The van der Waals surface area contributed by atoms with Crippen LogP contribution in [0.25, 0.3) is 0 Å². The van der Waals surface area contributed by atoms with Gasteiger partial charge in [0.15, 0.2) is 5.96 Å². The predicted molar refractivity (Wildman–Crippen MR) is 135 cm³/mol. The molecule has 6 heteroatoms. The van der Waals surface area contributed by atoms with Crippen molar-refractivity contribution in [2.24, 2.45) is 4.99 Å². The van der Waals surface area contributed by atoms with E-state index in [9.17, 15) is 4.79 Å². The summed E-state index contributed by atoms with van der Waals surface area (Å²) < 4.78 is 0. The molecule has 0 bridgehead atoms. The second kappa shape index (κ2) is 11.9. The Bertz CT molecular complexity index is 838. The Kier molecular flexibility index (Phi) is 9.62. The number of rotatable bonds is 6. The maximum Gasteiger partial charge on any atom is 0.253 e. The molecule has 2 aromatic rings. The zero-order valence-electron chi connectivity index (χ0n) is 18.2. The second-order valence-electron chi connectivity index (χ2n) is 7.73. The number of likely N-dealkylation sites (tertiary alicyclic amines) is 1. The fourth-order valence-electron chi connectivity index (χ4n) is 3.78. The lowest BCUT2D eigenvalue weighted by Crippen LogP contribution is -2.40. The highest BCUT2D eigenvalue weighted by Crippen LogP contribution is 2.26. The average molecular weight is 520 g/mol. The fraction of sp³-hybridized carbons (Fsp3) is 0.417. The number of benzene rings is 2. The zero-order valence-corrected chi connectivity index (χ0v) is 20.5. The first-order valence-electron chi connectivity index (χ1n) is 10.5. The van der Waals surface area contributed by atoms with E-state index in [0.717, 1.165) is 49.6 Å². The summed E-state index contributed by atoms with van der Waals surface area (Å²) in [5.74, 6) is 1.59. The first-order valence-corrected chi connectivity index (χ1v) is 10.5. The molecule has 2 aromatic carbocycles. The molecule has 1 fully saturated rings. The summed E-state index contributed by atoms with van der Waals surface area (Å²) in [5, 5.41) is 3.44. The van der Waals surface area contributed by atoms with Crippen LogP contribution in [0, 0.1) is 0 Å². The standard InChI is InChI=1S/C24H32N4O.HI/c1-4-25-24(28-16-14-22(18-28)20-10-6-5-7-11-20)26-15-13-19-9-8-12-21(17-19)23(29)27(2)3;/h5-12,17,22H,4,13-16,18H2,1-3H3,(H,25,26);1H. The molecule has 1 aliphatic heterocycles. The van der Waals surface area contributed by atoms with Gasteiger partial charge in [-0.1, -0.05) is 42.5 Å². The van der Waals surface area contributed by atoms with E-state index < -0.39 is 0 Å². The van der Waals surface area contributed by atoms with E-state index in [4.69, 9.17) is 4.99 Å². The van der Waals surface area contributed by atoms with Crippen LogP contribution in [0.5, 0.6) is 0 Å². The summed E-state index contributed by atoms with van der Waals surface area (Å²) in [6, 6.07) is 18.6. The number of halogens is 1. The van der Waals surface area contributed by atoms with Crippen molar-refractivity contribution in [3.05, 3.63) is 71.3 Å². The molecule has 3 rings (SSSR count). The maximum absolute atomic E-state index is 12.2. The molecule has 5 nitrogen and oxygen atoms in total. The van der Waals surface area contributed by atoms with Crippen LogP contribution in [0.2, 0.25) is 0 Å². The summed E-state index contributed by atoms with van der Waals surface area (Å²) in [6.45, 7) is 5.70. The number of carbonyl (C=O) groups is 1. The molecule has 1 N–H and O–H groups in total. The Balaban J connectivity index is 0.00000320. The van der Waals surface area contributed by atoms with Crippen molar-refractivity contribution in [2.75, 3.05) is 40.3 Å². The molecule has 0 saturated carbocycles. The van der Waals surface area contributed by atoms with Gasteiger partial charge in [-0.3, -0.25) is 9.79 Å². The van der Waals surface area contributed by atoms with Gasteiger partial charge in [0.05, 0.1) is 0 Å². The largest absolute Gasteiger partial charge is 0.357 e. The van der Waals surface area contributed by atoms with Crippen molar-refractivity contribution in [2.45, 2.75) is 25.7 Å². The first kappa shape index (κ1) is 24.2. The number of aliphatic imine (C=N–C) groups is 1. The van der Waals surface area contributed by atoms with E-state index in [-0.39, 0.29) is 29.9 Å². The molecule has 1 aliphatic rings. The van der Waals surface area contributed by atoms with Crippen molar-refractivity contribution in [1.29, 1.82) is 0 Å². The van der Waals surface area contributed by atoms with Crippen LogP contribution in [-0.2, 0) is 6.42 Å². The van der Waals surface area contributed by atoms with Gasteiger partial charge in [-0.15, -0.1) is 24.0 Å². The Morgan fingerprint density at radius 3 is 2.63 bits per heavy atom. The third-order valence-electron chi connectivity index (χ3n) is 5.34. The van der Waals surface area contributed by atoms with Crippen LogP contribution in [0.3, 0.4) is 0 Å². The first-order chi connectivity index (χ1) is 14.1. The smallest absolute Gasteiger partial charge is 0.253 e. The van der Waals surface area contributed by atoms with Gasteiger partial charge in [-0.25, -0.2) is 0 Å². The van der Waals surface area contributed by atoms with E-state index in [2.05, 4.69) is 53.5 Å². The summed E-state index contributed by atoms with van der Waals surface area (Å²) >= 11 is 0. The SMILES string of the molecule is CCNC(=NCCc1cccc(C(=O)N(C)C)c1)N1CCC(c2ccccc2)C1.I. The number of hydrogen-bond acceptors (Lipinski definition) is 2. The van der Waals surface area contributed by atoms with Gasteiger partial charge >= 0.3 is 0 Å². The van der Waals surface area contributed by atoms with Crippen molar-refractivity contribution >= 4 is 35.8 Å². The van der Waals surface area contributed by atoms with Crippen LogP contribution < -0.4 is 5.32 Å². The van der Waals surface area contributed by atoms with Gasteiger partial charge in [0.25, 0.3) is 5.91 Å². The second-order valence-corrected chi connectivity index (χ2v) is 7.73. The Labute approximate surface area is 197 Å². The highest BCUT2D eigenvalue weighted by molar-refractivity contribution is 14.0. The lowest BCUT2D eigenvalue weighted by Gasteiger charge is -2.22. The molecular formula is C24H33IN4O. The van der Waals surface area contributed by atoms with Crippen LogP contribution in [0.4, 0.5) is 0 Å². The predicted octanol–water partition coefficient (Wildman–Crippen LogP) is 4.00. The molecular weight excluding hydrogens is 487 g/mol. The number of guanidine groups is 1. The van der Waals surface area contributed by atoms with E-state index in [1.807, 2.05) is 18.2 Å². The highest BCUT2D eigenvalue weighted by atomic mass is 127. The Morgan fingerprint density at radius 1 is 1.17 bits per heavy atom. The molecule has 1 heterocycles. The van der Waals surface area contributed by atoms with Crippen LogP contribution in [-0.4, -0.2) is 61.9 Å². The average Bonchev–Trinajstić information content (AvgIpc) is 3.23. The molecule has 1 amide bonds. The van der Waals surface area contributed by atoms with E-state index in [0.29, 0.717) is 12.5 Å². The lowest BCUT2D eigenvalue weighted by molar-refractivity contribution is 0.0827. The molecule has 0 aliphatic carbocycles. The van der Waals surface area contributed by atoms with Crippen LogP contribution in [0.15, 0.2) is 59.6 Å². The molecule has 0 radical (unpaired) electrons. The summed E-state index contributed by atoms with van der Waals surface area (Å²) in [7, 11) is 3.56. The molecule has 1 atom stereocenters. The van der Waals surface area contributed by atoms with Crippen LogP contribution in [0.1, 0.15) is 40.7 Å². The molecule has 1 unspecified atom stereocenters. The number of carbonyl (C=O) groups excluding carboxylic acids is 1. The Hall–Kier alpha value is -2.09. The van der Waals surface area contributed by atoms with Gasteiger partial charge in [0.2, 0.25) is 0 Å². The monoisotopic (exact) mass is 520 g/mol. The minimum Gasteiger partial charge on any atom is -0.357 e. The van der Waals surface area contributed by atoms with Crippen molar-refractivity contribution < 1.29 is 4.79 Å². The molecule has 0 spiro atoms. The zero-order chi connectivity index (χ0) is 20.6. The van der Waals surface area contributed by atoms with Gasteiger partial charge in [-0.2, -0.15) is 0 Å². The lowest BCUT2D eigenvalue weighted by atomic mass is 9.99. The third-order valence-corrected chi connectivity index (χ3v) is 5.34. The maximum atomic E-state index is 12.2. The van der Waals surface area contributed by atoms with Crippen LogP contribution >= 0.6 is 24.0 Å². The molecule has 162 valence electrons. The summed E-state index contributed by atoms with van der Waals surface area (Å²) in [5.41, 5.74) is 3.28. The van der Waals surface area contributed by atoms with E-state index >= 15 is 0 Å². The number of nitrogens with zero attached hydrogens (tertiary/aromatic N) is 3. The summed E-state index contributed by atoms with van der Waals surface area (Å²) in [4.78, 5) is 21.0. The van der Waals surface area contributed by atoms with Crippen molar-refractivity contribution in [3.63, 3.8) is 0 Å². The van der Waals surface area contributed by atoms with Gasteiger partial charge in [-0.05, 0) is 43.0 Å². The van der Waals surface area contributed by atoms with Gasteiger partial charge in [0.1, 0.15) is 0 Å². The normalized spacial score (nSPS) is 16.2. The van der Waals surface area contributed by atoms with Gasteiger partial charge in [0, 0.05) is 51.8 Å².